The normalized spacial score (nSPS) is 21.4. The summed E-state index contributed by atoms with van der Waals surface area (Å²) in [6.45, 7) is 3.45. The Balaban J connectivity index is 0.00000192. The zero-order valence-electron chi connectivity index (χ0n) is 15.7. The summed E-state index contributed by atoms with van der Waals surface area (Å²) in [6.07, 6.45) is 4.38. The van der Waals surface area contributed by atoms with Crippen LogP contribution in [-0.2, 0) is 13.1 Å². The summed E-state index contributed by atoms with van der Waals surface area (Å²) < 4.78 is 7.51. The Hall–Kier alpha value is -1.89. The molecule has 0 amide bonds. The number of nitrogens with one attached hydrogen (secondary N) is 1. The number of aromatic nitrogens is 4. The predicted molar refractivity (Wildman–Crippen MR) is 109 cm³/mol. The first-order valence-electron chi connectivity index (χ1n) is 9.56. The maximum atomic E-state index is 6.21. The predicted octanol–water partition coefficient (Wildman–Crippen LogP) is 4.68. The van der Waals surface area contributed by atoms with E-state index in [0.29, 0.717) is 18.4 Å². The number of halogens is 2. The van der Waals surface area contributed by atoms with E-state index in [9.17, 15) is 0 Å². The van der Waals surface area contributed by atoms with Crippen molar-refractivity contribution in [2.24, 2.45) is 0 Å². The second kappa shape index (κ2) is 7.85. The van der Waals surface area contributed by atoms with Crippen LogP contribution >= 0.6 is 24.0 Å². The lowest BCUT2D eigenvalue weighted by Gasteiger charge is -2.27. The van der Waals surface area contributed by atoms with Crippen LogP contribution in [0, 0.1) is 6.92 Å². The topological polar surface area (TPSA) is 68.8 Å². The first-order chi connectivity index (χ1) is 13.2. The van der Waals surface area contributed by atoms with Crippen LogP contribution in [-0.4, -0.2) is 19.9 Å². The van der Waals surface area contributed by atoms with E-state index in [2.05, 4.69) is 37.4 Å². The van der Waals surface area contributed by atoms with Crippen LogP contribution in [0.25, 0.3) is 5.69 Å². The van der Waals surface area contributed by atoms with E-state index in [0.717, 1.165) is 66.0 Å². The molecule has 1 aliphatic carbocycles. The lowest BCUT2D eigenvalue weighted by atomic mass is 9.80. The maximum Gasteiger partial charge on any atom is 0.151 e. The molecule has 0 spiro atoms. The Morgan fingerprint density at radius 2 is 1.86 bits per heavy atom. The number of fused-ring (bicyclic) bond motifs is 3. The lowest BCUT2D eigenvalue weighted by molar-refractivity contribution is 0.347. The van der Waals surface area contributed by atoms with Crippen molar-refractivity contribution in [2.75, 3.05) is 0 Å². The molecule has 1 aromatic carbocycles. The molecule has 3 heterocycles. The van der Waals surface area contributed by atoms with E-state index in [-0.39, 0.29) is 12.4 Å². The van der Waals surface area contributed by atoms with Gasteiger partial charge < -0.3 is 9.84 Å². The fourth-order valence-corrected chi connectivity index (χ4v) is 4.61. The van der Waals surface area contributed by atoms with Crippen LogP contribution < -0.4 is 5.32 Å². The summed E-state index contributed by atoms with van der Waals surface area (Å²) in [5.74, 6) is 3.83. The van der Waals surface area contributed by atoms with E-state index in [1.54, 1.807) is 0 Å². The lowest BCUT2D eigenvalue weighted by Crippen LogP contribution is -2.17. The molecule has 6 nitrogen and oxygen atoms in total. The molecule has 8 heteroatoms. The Morgan fingerprint density at radius 3 is 2.61 bits per heavy atom. The molecule has 1 aliphatic heterocycles. The van der Waals surface area contributed by atoms with Gasteiger partial charge in [-0.1, -0.05) is 16.8 Å². The van der Waals surface area contributed by atoms with Crippen LogP contribution in [0.4, 0.5) is 0 Å². The fraction of sp³-hybridized carbons (Fsp3) is 0.450. The van der Waals surface area contributed by atoms with Crippen LogP contribution in [0.1, 0.15) is 66.2 Å². The molecule has 0 saturated heterocycles. The molecule has 2 aliphatic rings. The minimum absolute atomic E-state index is 0. The molecule has 2 aromatic heterocycles. The third kappa shape index (κ3) is 3.45. The molecule has 28 heavy (non-hydrogen) atoms. The highest BCUT2D eigenvalue weighted by Gasteiger charge is 2.30. The van der Waals surface area contributed by atoms with Gasteiger partial charge in [-0.3, -0.25) is 4.57 Å². The summed E-state index contributed by atoms with van der Waals surface area (Å²) in [4.78, 5) is 0. The van der Waals surface area contributed by atoms with Gasteiger partial charge in [-0.25, -0.2) is 0 Å². The van der Waals surface area contributed by atoms with Crippen molar-refractivity contribution in [3.63, 3.8) is 0 Å². The Morgan fingerprint density at radius 1 is 1.07 bits per heavy atom. The van der Waals surface area contributed by atoms with Crippen molar-refractivity contribution in [1.29, 1.82) is 0 Å². The highest BCUT2D eigenvalue weighted by atomic mass is 35.5. The summed E-state index contributed by atoms with van der Waals surface area (Å²) >= 11 is 6.21. The van der Waals surface area contributed by atoms with Gasteiger partial charge in [0.25, 0.3) is 0 Å². The Labute approximate surface area is 175 Å². The molecule has 1 N–H and O–H groups in total. The van der Waals surface area contributed by atoms with Crippen LogP contribution in [0.3, 0.4) is 0 Å². The van der Waals surface area contributed by atoms with E-state index >= 15 is 0 Å². The van der Waals surface area contributed by atoms with Gasteiger partial charge in [-0.2, -0.15) is 0 Å². The van der Waals surface area contributed by atoms with E-state index < -0.39 is 0 Å². The molecule has 0 radical (unpaired) electrons. The van der Waals surface area contributed by atoms with E-state index in [4.69, 9.17) is 16.1 Å². The third-order valence-corrected chi connectivity index (χ3v) is 6.03. The molecule has 0 atom stereocenters. The number of hydrogen-bond acceptors (Lipinski definition) is 5. The monoisotopic (exact) mass is 419 g/mol. The molecule has 1 fully saturated rings. The van der Waals surface area contributed by atoms with E-state index in [1.165, 1.54) is 5.56 Å². The largest absolute Gasteiger partial charge is 0.361 e. The average Bonchev–Trinajstić information content (AvgIpc) is 3.25. The summed E-state index contributed by atoms with van der Waals surface area (Å²) in [7, 11) is 0. The number of rotatable bonds is 2. The van der Waals surface area contributed by atoms with Crippen molar-refractivity contribution in [1.82, 2.24) is 25.2 Å². The first kappa shape index (κ1) is 19.4. The quantitative estimate of drug-likeness (QED) is 0.652. The first-order valence-corrected chi connectivity index (χ1v) is 9.94. The molecular weight excluding hydrogens is 397 g/mol. The number of benzene rings is 1. The summed E-state index contributed by atoms with van der Waals surface area (Å²) in [5.41, 5.74) is 3.43. The molecule has 5 rings (SSSR count). The van der Waals surface area contributed by atoms with Gasteiger partial charge in [0.1, 0.15) is 11.6 Å². The molecule has 0 bridgehead atoms. The highest BCUT2D eigenvalue weighted by molar-refractivity contribution is 6.30. The molecule has 3 aromatic rings. The van der Waals surface area contributed by atoms with Crippen molar-refractivity contribution in [3.8, 4) is 5.69 Å². The summed E-state index contributed by atoms with van der Waals surface area (Å²) in [6, 6.07) is 8.14. The fourth-order valence-electron chi connectivity index (χ4n) is 4.42. The summed E-state index contributed by atoms with van der Waals surface area (Å²) in [5, 5.41) is 17.5. The van der Waals surface area contributed by atoms with Crippen LogP contribution in [0.15, 0.2) is 28.8 Å². The molecular formula is C20H23Cl2N5O. The van der Waals surface area contributed by atoms with Crippen LogP contribution in [0.5, 0.6) is 0 Å². The molecule has 148 valence electrons. The Kier molecular flexibility index (Phi) is 5.45. The number of aryl methyl sites for hydroxylation is 1. The van der Waals surface area contributed by atoms with Gasteiger partial charge in [0.2, 0.25) is 0 Å². The number of nitrogens with zero attached hydrogens (tertiary/aromatic N) is 4. The third-order valence-electron chi connectivity index (χ3n) is 5.79. The van der Waals surface area contributed by atoms with Gasteiger partial charge in [0.15, 0.2) is 5.82 Å². The van der Waals surface area contributed by atoms with Crippen molar-refractivity contribution < 1.29 is 4.52 Å². The minimum Gasteiger partial charge on any atom is -0.361 e. The number of hydrogen-bond donors (Lipinski definition) is 1. The molecule has 1 saturated carbocycles. The highest BCUT2D eigenvalue weighted by Crippen LogP contribution is 2.40. The second-order valence-corrected chi connectivity index (χ2v) is 8.03. The van der Waals surface area contributed by atoms with Gasteiger partial charge in [-0.05, 0) is 56.4 Å². The van der Waals surface area contributed by atoms with Crippen molar-refractivity contribution >= 4 is 24.0 Å². The van der Waals surface area contributed by atoms with Gasteiger partial charge in [0.05, 0.1) is 17.9 Å². The zero-order chi connectivity index (χ0) is 18.4. The van der Waals surface area contributed by atoms with Crippen LogP contribution in [0.2, 0.25) is 5.02 Å². The molecule has 0 unspecified atom stereocenters. The van der Waals surface area contributed by atoms with Gasteiger partial charge in [-0.15, -0.1) is 22.6 Å². The van der Waals surface area contributed by atoms with Crippen molar-refractivity contribution in [2.45, 2.75) is 57.5 Å². The minimum atomic E-state index is 0. The average molecular weight is 420 g/mol. The SMILES string of the molecule is Cc1cc([C@H]2CC[C@H](c3nnc4n3-c3ccc(Cl)cc3CNC4)CC2)no1.Cl. The van der Waals surface area contributed by atoms with Crippen molar-refractivity contribution in [3.05, 3.63) is 58.0 Å². The van der Waals surface area contributed by atoms with E-state index in [1.807, 2.05) is 19.1 Å². The maximum absolute atomic E-state index is 6.21. The second-order valence-electron chi connectivity index (χ2n) is 7.60. The smallest absolute Gasteiger partial charge is 0.151 e. The van der Waals surface area contributed by atoms with Gasteiger partial charge >= 0.3 is 0 Å². The standard InChI is InChI=1S/C20H22ClN5O.ClH/c1-12-8-17(25-27-12)13-2-4-14(5-3-13)20-24-23-19-11-22-10-15-9-16(21)6-7-18(15)26(19)20;/h6-9,13-14,22H,2-5,10-11H2,1H3;1H/t13-,14-;. The Bertz CT molecular complexity index is 975. The zero-order valence-corrected chi connectivity index (χ0v) is 17.3. The van der Waals surface area contributed by atoms with Gasteiger partial charge in [0, 0.05) is 29.5 Å².